The molecule has 0 saturated heterocycles. The van der Waals surface area contributed by atoms with E-state index in [1.54, 1.807) is 12.4 Å². The van der Waals surface area contributed by atoms with Crippen LogP contribution in [0.3, 0.4) is 0 Å². The van der Waals surface area contributed by atoms with Gasteiger partial charge in [-0.2, -0.15) is 0 Å². The molecule has 118 valence electrons. The molecule has 24 heavy (non-hydrogen) atoms. The smallest absolute Gasteiger partial charge is 0.180 e. The predicted octanol–water partition coefficient (Wildman–Crippen LogP) is 3.53. The molecular weight excluding hydrogens is 306 g/mol. The Bertz CT molecular complexity index is 853. The van der Waals surface area contributed by atoms with Gasteiger partial charge >= 0.3 is 0 Å². The molecule has 0 unspecified atom stereocenters. The molecule has 0 saturated carbocycles. The minimum absolute atomic E-state index is 0.999. The second-order valence-electron chi connectivity index (χ2n) is 4.47. The summed E-state index contributed by atoms with van der Waals surface area (Å²) in [5.74, 6) is 0. The van der Waals surface area contributed by atoms with Gasteiger partial charge in [0.15, 0.2) is 6.39 Å². The summed E-state index contributed by atoms with van der Waals surface area (Å²) in [6.45, 7) is 0. The Morgan fingerprint density at radius 1 is 0.792 bits per heavy atom. The molecule has 0 bridgehead atoms. The van der Waals surface area contributed by atoms with Gasteiger partial charge in [-0.05, 0) is 24.3 Å². The first kappa shape index (κ1) is 15.3. The second kappa shape index (κ2) is 8.14. The number of hydrogen-bond acceptors (Lipinski definition) is 7. The standard InChI is InChI=1S/C12H8N2.C3H3NO.C2H2N2O/c1-3-9-5-6-11-10(4-2-7-13-11)12(9)14-8-1;1-2-5-3-4-1;1-2-5-4-3-1/h1-8H;1-3H;1-2H. The Hall–Kier alpha value is -3.61. The van der Waals surface area contributed by atoms with E-state index in [1.165, 1.54) is 25.1 Å². The minimum atomic E-state index is 0.999. The first-order valence-corrected chi connectivity index (χ1v) is 7.07. The van der Waals surface area contributed by atoms with Gasteiger partial charge in [-0.15, -0.1) is 5.10 Å². The molecular formula is C17H13N5O2. The minimum Gasteiger partial charge on any atom is -0.452 e. The Morgan fingerprint density at radius 3 is 2.38 bits per heavy atom. The van der Waals surface area contributed by atoms with Crippen LogP contribution in [0, 0.1) is 0 Å². The Labute approximate surface area is 137 Å². The molecule has 0 N–H and O–H groups in total. The molecule has 1 aromatic carbocycles. The maximum absolute atomic E-state index is 4.47. The van der Waals surface area contributed by atoms with Crippen LogP contribution in [0.5, 0.6) is 0 Å². The molecule has 7 nitrogen and oxygen atoms in total. The molecule has 4 aromatic heterocycles. The highest BCUT2D eigenvalue weighted by Gasteiger charge is 1.99. The zero-order valence-corrected chi connectivity index (χ0v) is 12.6. The molecule has 7 heteroatoms. The van der Waals surface area contributed by atoms with Gasteiger partial charge in [-0.1, -0.05) is 12.1 Å². The van der Waals surface area contributed by atoms with Gasteiger partial charge in [0.1, 0.15) is 12.5 Å². The second-order valence-corrected chi connectivity index (χ2v) is 4.47. The highest BCUT2D eigenvalue weighted by molar-refractivity contribution is 6.03. The first-order chi connectivity index (χ1) is 11.9. The molecule has 5 rings (SSSR count). The van der Waals surface area contributed by atoms with Crippen LogP contribution < -0.4 is 0 Å². The van der Waals surface area contributed by atoms with Gasteiger partial charge in [0.05, 0.1) is 23.4 Å². The molecule has 0 fully saturated rings. The van der Waals surface area contributed by atoms with Crippen LogP contribution in [0.2, 0.25) is 0 Å². The summed E-state index contributed by atoms with van der Waals surface area (Å²) >= 11 is 0. The van der Waals surface area contributed by atoms with E-state index in [4.69, 9.17) is 0 Å². The van der Waals surface area contributed by atoms with Crippen LogP contribution in [0.25, 0.3) is 21.8 Å². The summed E-state index contributed by atoms with van der Waals surface area (Å²) in [6.07, 6.45) is 11.0. The number of benzene rings is 1. The number of fused-ring (bicyclic) bond motifs is 3. The third-order valence-electron chi connectivity index (χ3n) is 2.98. The monoisotopic (exact) mass is 319 g/mol. The SMILES string of the molecule is c1cnc2c(c1)ccc1ncccc12.c1cocn1.c1conn1. The van der Waals surface area contributed by atoms with E-state index in [0.717, 1.165) is 21.8 Å². The van der Waals surface area contributed by atoms with Crippen molar-refractivity contribution < 1.29 is 8.94 Å². The normalized spacial score (nSPS) is 9.67. The van der Waals surface area contributed by atoms with Crippen molar-refractivity contribution in [2.24, 2.45) is 0 Å². The molecule has 5 aromatic rings. The van der Waals surface area contributed by atoms with E-state index >= 15 is 0 Å². The van der Waals surface area contributed by atoms with Crippen LogP contribution in [-0.4, -0.2) is 25.3 Å². The van der Waals surface area contributed by atoms with Crippen molar-refractivity contribution in [1.29, 1.82) is 0 Å². The third kappa shape index (κ3) is 3.98. The van der Waals surface area contributed by atoms with Crippen LogP contribution in [0.4, 0.5) is 0 Å². The maximum Gasteiger partial charge on any atom is 0.180 e. The van der Waals surface area contributed by atoms with Crippen molar-refractivity contribution in [1.82, 2.24) is 25.3 Å². The fourth-order valence-electron chi connectivity index (χ4n) is 2.01. The van der Waals surface area contributed by atoms with E-state index in [-0.39, 0.29) is 0 Å². The molecule has 0 amide bonds. The lowest BCUT2D eigenvalue weighted by Gasteiger charge is -2.00. The number of nitrogens with zero attached hydrogens (tertiary/aromatic N) is 5. The highest BCUT2D eigenvalue weighted by Crippen LogP contribution is 2.20. The summed E-state index contributed by atoms with van der Waals surface area (Å²) in [5, 5.41) is 8.68. The number of aromatic nitrogens is 5. The molecule has 0 radical (unpaired) electrons. The van der Waals surface area contributed by atoms with Crippen molar-refractivity contribution in [3.8, 4) is 0 Å². The summed E-state index contributed by atoms with van der Waals surface area (Å²) in [7, 11) is 0. The van der Waals surface area contributed by atoms with Gasteiger partial charge in [-0.25, -0.2) is 4.98 Å². The van der Waals surface area contributed by atoms with Gasteiger partial charge in [0.2, 0.25) is 0 Å². The molecule has 0 aliphatic heterocycles. The van der Waals surface area contributed by atoms with Crippen LogP contribution in [0.15, 0.2) is 89.0 Å². The van der Waals surface area contributed by atoms with Crippen LogP contribution >= 0.6 is 0 Å². The highest BCUT2D eigenvalue weighted by atomic mass is 16.5. The molecule has 0 spiro atoms. The summed E-state index contributed by atoms with van der Waals surface area (Å²) in [5.41, 5.74) is 2.02. The van der Waals surface area contributed by atoms with Gasteiger partial charge in [0.25, 0.3) is 0 Å². The summed E-state index contributed by atoms with van der Waals surface area (Å²) < 4.78 is 8.69. The largest absolute Gasteiger partial charge is 0.452 e. The zero-order valence-electron chi connectivity index (χ0n) is 12.6. The molecule has 0 aliphatic rings. The van der Waals surface area contributed by atoms with E-state index in [9.17, 15) is 0 Å². The fourth-order valence-corrected chi connectivity index (χ4v) is 2.01. The van der Waals surface area contributed by atoms with E-state index in [0.29, 0.717) is 0 Å². The Kier molecular flexibility index (Phi) is 5.18. The third-order valence-corrected chi connectivity index (χ3v) is 2.98. The van der Waals surface area contributed by atoms with Crippen molar-refractivity contribution >= 4 is 21.8 Å². The molecule has 4 heterocycles. The van der Waals surface area contributed by atoms with E-state index in [1.807, 2.05) is 24.4 Å². The van der Waals surface area contributed by atoms with Crippen LogP contribution in [-0.2, 0) is 0 Å². The lowest BCUT2D eigenvalue weighted by Crippen LogP contribution is -1.82. The number of pyridine rings is 2. The zero-order chi connectivity index (χ0) is 16.5. The van der Waals surface area contributed by atoms with Crippen molar-refractivity contribution in [3.05, 3.63) is 80.1 Å². The number of oxazole rings is 1. The maximum atomic E-state index is 4.47. The number of hydrogen-bond donors (Lipinski definition) is 0. The van der Waals surface area contributed by atoms with E-state index < -0.39 is 0 Å². The lowest BCUT2D eigenvalue weighted by atomic mass is 10.1. The lowest BCUT2D eigenvalue weighted by molar-refractivity contribution is 0.393. The average Bonchev–Trinajstić information content (AvgIpc) is 3.40. The number of rotatable bonds is 0. The topological polar surface area (TPSA) is 90.7 Å². The summed E-state index contributed by atoms with van der Waals surface area (Å²) in [6, 6.07) is 12.1. The fraction of sp³-hybridized carbons (Fsp3) is 0. The van der Waals surface area contributed by atoms with Gasteiger partial charge in [0, 0.05) is 28.4 Å². The quantitative estimate of drug-likeness (QED) is 0.403. The molecule has 0 aliphatic carbocycles. The predicted molar refractivity (Wildman–Crippen MR) is 87.8 cm³/mol. The van der Waals surface area contributed by atoms with E-state index in [2.05, 4.69) is 52.5 Å². The van der Waals surface area contributed by atoms with Crippen LogP contribution in [0.1, 0.15) is 0 Å². The van der Waals surface area contributed by atoms with Gasteiger partial charge < -0.3 is 8.94 Å². The van der Waals surface area contributed by atoms with Crippen molar-refractivity contribution in [3.63, 3.8) is 0 Å². The molecule has 0 atom stereocenters. The van der Waals surface area contributed by atoms with Crippen molar-refractivity contribution in [2.75, 3.05) is 0 Å². The van der Waals surface area contributed by atoms with Crippen molar-refractivity contribution in [2.45, 2.75) is 0 Å². The Morgan fingerprint density at radius 2 is 1.71 bits per heavy atom. The first-order valence-electron chi connectivity index (χ1n) is 7.07. The Balaban J connectivity index is 0.000000138. The average molecular weight is 319 g/mol. The van der Waals surface area contributed by atoms with Gasteiger partial charge in [-0.3, -0.25) is 9.97 Å². The summed E-state index contributed by atoms with van der Waals surface area (Å²) in [4.78, 5) is 12.2.